The molecule has 0 saturated carbocycles. The van der Waals surface area contributed by atoms with Crippen molar-refractivity contribution in [1.82, 2.24) is 5.32 Å². The van der Waals surface area contributed by atoms with Crippen LogP contribution in [0.3, 0.4) is 0 Å². The van der Waals surface area contributed by atoms with Crippen LogP contribution in [0, 0.1) is 0 Å². The molecule has 0 spiro atoms. The van der Waals surface area contributed by atoms with E-state index in [0.29, 0.717) is 12.8 Å². The van der Waals surface area contributed by atoms with Gasteiger partial charge in [-0.2, -0.15) is 0 Å². The smallest absolute Gasteiger partial charge is 0.220 e. The largest absolute Gasteiger partial charge is 0.394 e. The van der Waals surface area contributed by atoms with Gasteiger partial charge in [-0.25, -0.2) is 0 Å². The minimum absolute atomic E-state index is 0.238. The van der Waals surface area contributed by atoms with Gasteiger partial charge in [-0.15, -0.1) is 0 Å². The highest BCUT2D eigenvalue weighted by Gasteiger charge is 2.53. The summed E-state index contributed by atoms with van der Waals surface area (Å²) in [7, 11) is 0. The number of hydrogen-bond donors (Lipinski definition) is 12. The summed E-state index contributed by atoms with van der Waals surface area (Å²) >= 11 is 0. The first kappa shape index (κ1) is 71.1. The molecule has 17 unspecified atom stereocenters. The third-order valence-electron chi connectivity index (χ3n) is 16.2. The molecule has 12 N–H and O–H groups in total. The minimum atomic E-state index is -1.97. The van der Waals surface area contributed by atoms with Gasteiger partial charge in [0.25, 0.3) is 0 Å². The van der Waals surface area contributed by atoms with Crippen molar-refractivity contribution in [3.05, 3.63) is 0 Å². The highest BCUT2D eigenvalue weighted by atomic mass is 16.8. The van der Waals surface area contributed by atoms with Crippen molar-refractivity contribution in [3.63, 3.8) is 0 Å². The Kier molecular flexibility index (Phi) is 39.6. The Labute approximate surface area is 468 Å². The van der Waals surface area contributed by atoms with E-state index < -0.39 is 124 Å². The van der Waals surface area contributed by atoms with Gasteiger partial charge in [0, 0.05) is 6.42 Å². The third kappa shape index (κ3) is 27.0. The summed E-state index contributed by atoms with van der Waals surface area (Å²) < 4.78 is 34.3. The third-order valence-corrected chi connectivity index (χ3v) is 16.2. The number of rotatable bonds is 47. The number of carbonyl (C=O) groups is 1. The number of aliphatic hydroxyl groups excluding tert-OH is 11. The fraction of sp³-hybridized carbons (Fsp3) is 0.983. The van der Waals surface area contributed by atoms with E-state index in [-0.39, 0.29) is 18.9 Å². The van der Waals surface area contributed by atoms with E-state index in [0.717, 1.165) is 44.9 Å². The number of unbranched alkanes of at least 4 members (excludes halogenated alkanes) is 31. The Bertz CT molecular complexity index is 1440. The Balaban J connectivity index is 1.46. The molecule has 3 rings (SSSR count). The fourth-order valence-corrected chi connectivity index (χ4v) is 11.0. The highest BCUT2D eigenvalue weighted by molar-refractivity contribution is 5.76. The molecular formula is C59H113NO18. The van der Waals surface area contributed by atoms with E-state index in [1.165, 1.54) is 161 Å². The van der Waals surface area contributed by atoms with Gasteiger partial charge in [0.2, 0.25) is 5.91 Å². The van der Waals surface area contributed by atoms with Crippen molar-refractivity contribution >= 4 is 5.91 Å². The molecule has 3 aliphatic rings. The van der Waals surface area contributed by atoms with Crippen molar-refractivity contribution in [2.75, 3.05) is 26.4 Å². The van der Waals surface area contributed by atoms with Crippen molar-refractivity contribution < 1.29 is 89.4 Å². The molecule has 0 aromatic rings. The maximum absolute atomic E-state index is 13.3. The normalized spacial score (nSPS) is 30.4. The Morgan fingerprint density at radius 1 is 0.410 bits per heavy atom. The predicted molar refractivity (Wildman–Crippen MR) is 296 cm³/mol. The summed E-state index contributed by atoms with van der Waals surface area (Å²) in [6.45, 7) is 1.81. The van der Waals surface area contributed by atoms with Crippen LogP contribution < -0.4 is 5.32 Å². The van der Waals surface area contributed by atoms with Crippen LogP contribution >= 0.6 is 0 Å². The molecule has 0 aliphatic carbocycles. The van der Waals surface area contributed by atoms with Gasteiger partial charge < -0.3 is 89.9 Å². The molecule has 3 heterocycles. The van der Waals surface area contributed by atoms with Crippen LogP contribution in [0.1, 0.15) is 239 Å². The van der Waals surface area contributed by atoms with Crippen LogP contribution in [0.25, 0.3) is 0 Å². The summed E-state index contributed by atoms with van der Waals surface area (Å²) in [5, 5.41) is 120. The van der Waals surface area contributed by atoms with Gasteiger partial charge in [0.1, 0.15) is 73.2 Å². The monoisotopic (exact) mass is 1120 g/mol. The van der Waals surface area contributed by atoms with Gasteiger partial charge in [0.05, 0.1) is 38.6 Å². The van der Waals surface area contributed by atoms with Gasteiger partial charge in [-0.05, 0) is 12.8 Å². The number of amides is 1. The molecule has 0 bridgehead atoms. The first-order valence-corrected chi connectivity index (χ1v) is 31.3. The Hall–Kier alpha value is -1.21. The standard InChI is InChI=1S/C59H113NO18/c1-3-5-7-9-11-13-15-17-18-19-20-21-22-23-25-27-29-31-33-35-37-47(65)60-42(43(64)36-34-32-30-28-26-24-16-14-12-10-8-6-4-2)41-73-57-53(71)50(68)55(45(39-62)75-57)78-59-54(72)51(69)56(46(40-63)76-59)77-58-52(70)49(67)48(66)44(38-61)74-58/h42-46,48-59,61-64,66-72H,3-41H2,1-2H3,(H,60,65). The van der Waals surface area contributed by atoms with Crippen molar-refractivity contribution in [1.29, 1.82) is 0 Å². The lowest BCUT2D eigenvalue weighted by atomic mass is 9.96. The van der Waals surface area contributed by atoms with E-state index in [9.17, 15) is 61.0 Å². The summed E-state index contributed by atoms with van der Waals surface area (Å²) in [5.74, 6) is -0.238. The molecule has 3 aliphatic heterocycles. The molecule has 19 heteroatoms. The summed E-state index contributed by atoms with van der Waals surface area (Å²) in [4.78, 5) is 13.3. The van der Waals surface area contributed by atoms with Crippen molar-refractivity contribution in [3.8, 4) is 0 Å². The molecule has 19 nitrogen and oxygen atoms in total. The lowest BCUT2D eigenvalue weighted by Gasteiger charge is -2.48. The molecule has 462 valence electrons. The molecule has 0 aromatic carbocycles. The quantitative estimate of drug-likeness (QED) is 0.0312. The van der Waals surface area contributed by atoms with E-state index in [2.05, 4.69) is 19.2 Å². The first-order chi connectivity index (χ1) is 37.8. The zero-order valence-electron chi connectivity index (χ0n) is 48.2. The van der Waals surface area contributed by atoms with E-state index in [1.54, 1.807) is 0 Å². The number of carbonyl (C=O) groups excluding carboxylic acids is 1. The average molecular weight is 1120 g/mol. The molecular weight excluding hydrogens is 1010 g/mol. The van der Waals surface area contributed by atoms with Crippen molar-refractivity contribution in [2.45, 2.75) is 343 Å². The minimum Gasteiger partial charge on any atom is -0.394 e. The first-order valence-electron chi connectivity index (χ1n) is 31.3. The van der Waals surface area contributed by atoms with Crippen LogP contribution in [0.5, 0.6) is 0 Å². The van der Waals surface area contributed by atoms with E-state index >= 15 is 0 Å². The molecule has 1 amide bonds. The van der Waals surface area contributed by atoms with Crippen LogP contribution in [0.2, 0.25) is 0 Å². The number of hydrogen-bond acceptors (Lipinski definition) is 18. The van der Waals surface area contributed by atoms with Crippen molar-refractivity contribution in [2.24, 2.45) is 0 Å². The lowest BCUT2D eigenvalue weighted by Crippen LogP contribution is -2.66. The van der Waals surface area contributed by atoms with E-state index in [1.807, 2.05) is 0 Å². The molecule has 3 fully saturated rings. The predicted octanol–water partition coefficient (Wildman–Crippen LogP) is 5.99. The fourth-order valence-electron chi connectivity index (χ4n) is 11.0. The molecule has 3 saturated heterocycles. The van der Waals surface area contributed by atoms with Crippen LogP contribution in [-0.2, 0) is 33.2 Å². The van der Waals surface area contributed by atoms with Crippen LogP contribution in [-0.4, -0.2) is 193 Å². The molecule has 17 atom stereocenters. The van der Waals surface area contributed by atoms with Gasteiger partial charge >= 0.3 is 0 Å². The Morgan fingerprint density at radius 2 is 0.731 bits per heavy atom. The lowest BCUT2D eigenvalue weighted by molar-refractivity contribution is -0.379. The molecule has 0 aromatic heterocycles. The zero-order valence-corrected chi connectivity index (χ0v) is 48.2. The van der Waals surface area contributed by atoms with E-state index in [4.69, 9.17) is 28.4 Å². The second-order valence-corrected chi connectivity index (χ2v) is 22.9. The van der Waals surface area contributed by atoms with Gasteiger partial charge in [0.15, 0.2) is 18.9 Å². The topological polar surface area (TPSA) is 307 Å². The maximum Gasteiger partial charge on any atom is 0.220 e. The highest BCUT2D eigenvalue weighted by Crippen LogP contribution is 2.33. The average Bonchev–Trinajstić information content (AvgIpc) is 3.43. The van der Waals surface area contributed by atoms with Gasteiger partial charge in [-0.1, -0.05) is 219 Å². The number of aliphatic hydroxyl groups is 11. The number of nitrogens with one attached hydrogen (secondary N) is 1. The van der Waals surface area contributed by atoms with Gasteiger partial charge in [-0.3, -0.25) is 4.79 Å². The molecule has 78 heavy (non-hydrogen) atoms. The Morgan fingerprint density at radius 3 is 1.12 bits per heavy atom. The summed E-state index contributed by atoms with van der Waals surface area (Å²) in [6, 6.07) is -0.879. The SMILES string of the molecule is CCCCCCCCCCCCCCCCCCCCCCC(=O)NC(COC1OC(CO)C(OC2OC(CO)C(OC3OC(CO)C(O)C(O)C3O)C(O)C2O)C(O)C1O)C(O)CCCCCCCCCCCCCCC. The van der Waals surface area contributed by atoms with Crippen LogP contribution in [0.4, 0.5) is 0 Å². The zero-order chi connectivity index (χ0) is 56.9. The second-order valence-electron chi connectivity index (χ2n) is 22.9. The molecule has 0 radical (unpaired) electrons. The summed E-state index contributed by atoms with van der Waals surface area (Å²) in [5.41, 5.74) is 0. The maximum atomic E-state index is 13.3. The second kappa shape index (κ2) is 43.4. The summed E-state index contributed by atoms with van der Waals surface area (Å²) in [6.07, 6.45) is 14.7. The number of ether oxygens (including phenoxy) is 6. The van der Waals surface area contributed by atoms with Crippen LogP contribution in [0.15, 0.2) is 0 Å².